The number of carbonyl (C=O) groups excluding carboxylic acids is 1. The van der Waals surface area contributed by atoms with Crippen molar-refractivity contribution in [2.24, 2.45) is 5.73 Å². The van der Waals surface area contributed by atoms with Crippen LogP contribution in [0.2, 0.25) is 0 Å². The van der Waals surface area contributed by atoms with Crippen molar-refractivity contribution < 1.29 is 4.79 Å². The van der Waals surface area contributed by atoms with Crippen LogP contribution in [0.5, 0.6) is 0 Å². The lowest BCUT2D eigenvalue weighted by Gasteiger charge is -2.34. The van der Waals surface area contributed by atoms with Crippen molar-refractivity contribution in [3.63, 3.8) is 0 Å². The Morgan fingerprint density at radius 3 is 2.29 bits per heavy atom. The van der Waals surface area contributed by atoms with Gasteiger partial charge in [0.1, 0.15) is 0 Å². The first kappa shape index (κ1) is 16.7. The highest BCUT2D eigenvalue weighted by Gasteiger charge is 2.30. The summed E-state index contributed by atoms with van der Waals surface area (Å²) in [4.78, 5) is 14.3. The minimum Gasteiger partial charge on any atom is -0.336 e. The summed E-state index contributed by atoms with van der Waals surface area (Å²) in [6.45, 7) is 6.26. The summed E-state index contributed by atoms with van der Waals surface area (Å²) >= 11 is 0. The molecular weight excluding hydrogens is 236 g/mol. The minimum atomic E-state index is -0.298. The van der Waals surface area contributed by atoms with Gasteiger partial charge in [0.15, 0.2) is 0 Å². The Hall–Kier alpha value is -0.280. The summed E-state index contributed by atoms with van der Waals surface area (Å²) in [7, 11) is 0. The molecule has 0 aromatic rings. The van der Waals surface area contributed by atoms with E-state index in [-0.39, 0.29) is 30.4 Å². The van der Waals surface area contributed by atoms with Gasteiger partial charge in [0.2, 0.25) is 5.91 Å². The van der Waals surface area contributed by atoms with Gasteiger partial charge >= 0.3 is 0 Å². The third-order valence-corrected chi connectivity index (χ3v) is 3.45. The predicted octanol–water partition coefficient (Wildman–Crippen LogP) is 2.72. The molecule has 3 nitrogen and oxygen atoms in total. The summed E-state index contributed by atoms with van der Waals surface area (Å²) in [5, 5.41) is 0. The van der Waals surface area contributed by atoms with E-state index in [1.807, 2.05) is 4.90 Å². The Labute approximate surface area is 112 Å². The SMILES string of the molecule is CCCC(N)C(=O)N(C(C)C)C1CCCC1.Cl. The molecule has 0 heterocycles. The molecule has 1 fully saturated rings. The fourth-order valence-electron chi connectivity index (χ4n) is 2.66. The van der Waals surface area contributed by atoms with E-state index in [4.69, 9.17) is 5.73 Å². The second-order valence-corrected chi connectivity index (χ2v) is 5.17. The fraction of sp³-hybridized carbons (Fsp3) is 0.923. The summed E-state index contributed by atoms with van der Waals surface area (Å²) < 4.78 is 0. The quantitative estimate of drug-likeness (QED) is 0.828. The topological polar surface area (TPSA) is 46.3 Å². The smallest absolute Gasteiger partial charge is 0.239 e. The lowest BCUT2D eigenvalue weighted by atomic mass is 10.1. The van der Waals surface area contributed by atoms with Gasteiger partial charge in [0, 0.05) is 12.1 Å². The predicted molar refractivity (Wildman–Crippen MR) is 74.4 cm³/mol. The Kier molecular flexibility index (Phi) is 7.80. The maximum atomic E-state index is 12.3. The molecule has 2 N–H and O–H groups in total. The number of hydrogen-bond donors (Lipinski definition) is 1. The van der Waals surface area contributed by atoms with E-state index in [0.717, 1.165) is 25.7 Å². The van der Waals surface area contributed by atoms with Crippen molar-refractivity contribution in [3.05, 3.63) is 0 Å². The molecule has 1 unspecified atom stereocenters. The fourth-order valence-corrected chi connectivity index (χ4v) is 2.66. The molecule has 0 radical (unpaired) electrons. The summed E-state index contributed by atoms with van der Waals surface area (Å²) in [6.07, 6.45) is 6.60. The largest absolute Gasteiger partial charge is 0.336 e. The van der Waals surface area contributed by atoms with Gasteiger partial charge in [-0.1, -0.05) is 26.2 Å². The van der Waals surface area contributed by atoms with Gasteiger partial charge in [-0.05, 0) is 33.1 Å². The molecule has 102 valence electrons. The van der Waals surface area contributed by atoms with Crippen LogP contribution < -0.4 is 5.73 Å². The maximum absolute atomic E-state index is 12.3. The molecule has 0 bridgehead atoms. The van der Waals surface area contributed by atoms with Crippen LogP contribution in [-0.4, -0.2) is 28.9 Å². The van der Waals surface area contributed by atoms with Crippen molar-refractivity contribution in [3.8, 4) is 0 Å². The van der Waals surface area contributed by atoms with Crippen LogP contribution in [0.3, 0.4) is 0 Å². The average Bonchev–Trinajstić information content (AvgIpc) is 2.71. The maximum Gasteiger partial charge on any atom is 0.239 e. The zero-order valence-corrected chi connectivity index (χ0v) is 12.1. The number of hydrogen-bond acceptors (Lipinski definition) is 2. The highest BCUT2D eigenvalue weighted by atomic mass is 35.5. The Bertz CT molecular complexity index is 227. The molecule has 0 aromatic heterocycles. The first-order valence-electron chi connectivity index (χ1n) is 6.65. The van der Waals surface area contributed by atoms with Crippen molar-refractivity contribution in [1.29, 1.82) is 0 Å². The molecule has 1 rings (SSSR count). The van der Waals surface area contributed by atoms with Gasteiger partial charge in [-0.15, -0.1) is 12.4 Å². The van der Waals surface area contributed by atoms with Crippen molar-refractivity contribution >= 4 is 18.3 Å². The Morgan fingerprint density at radius 1 is 1.35 bits per heavy atom. The first-order chi connectivity index (χ1) is 7.57. The lowest BCUT2D eigenvalue weighted by molar-refractivity contribution is -0.137. The molecule has 1 atom stereocenters. The van der Waals surface area contributed by atoms with Crippen molar-refractivity contribution in [1.82, 2.24) is 4.90 Å². The normalized spacial score (nSPS) is 17.9. The van der Waals surface area contributed by atoms with E-state index in [2.05, 4.69) is 20.8 Å². The van der Waals surface area contributed by atoms with E-state index >= 15 is 0 Å². The number of carbonyl (C=O) groups is 1. The van der Waals surface area contributed by atoms with Crippen LogP contribution >= 0.6 is 12.4 Å². The second-order valence-electron chi connectivity index (χ2n) is 5.17. The number of nitrogens with zero attached hydrogens (tertiary/aromatic N) is 1. The third-order valence-electron chi connectivity index (χ3n) is 3.45. The van der Waals surface area contributed by atoms with Crippen LogP contribution in [0.25, 0.3) is 0 Å². The van der Waals surface area contributed by atoms with E-state index in [1.54, 1.807) is 0 Å². The highest BCUT2D eigenvalue weighted by molar-refractivity contribution is 5.85. The number of amides is 1. The van der Waals surface area contributed by atoms with Gasteiger partial charge < -0.3 is 10.6 Å². The zero-order chi connectivity index (χ0) is 12.1. The standard InChI is InChI=1S/C13H26N2O.ClH/c1-4-7-12(14)13(16)15(10(2)3)11-8-5-6-9-11;/h10-12H,4-9,14H2,1-3H3;1H. The van der Waals surface area contributed by atoms with Gasteiger partial charge in [0.05, 0.1) is 6.04 Å². The van der Waals surface area contributed by atoms with Crippen LogP contribution in [0.1, 0.15) is 59.3 Å². The van der Waals surface area contributed by atoms with E-state index < -0.39 is 0 Å². The Balaban J connectivity index is 0.00000256. The number of nitrogens with two attached hydrogens (primary N) is 1. The summed E-state index contributed by atoms with van der Waals surface area (Å²) in [5.74, 6) is 0.156. The Morgan fingerprint density at radius 2 is 1.88 bits per heavy atom. The van der Waals surface area contributed by atoms with E-state index in [1.165, 1.54) is 12.8 Å². The molecule has 1 aliphatic rings. The van der Waals surface area contributed by atoms with Gasteiger partial charge in [-0.2, -0.15) is 0 Å². The van der Waals surface area contributed by atoms with Crippen LogP contribution in [0, 0.1) is 0 Å². The molecule has 1 amide bonds. The molecule has 0 aromatic carbocycles. The molecule has 0 saturated heterocycles. The minimum absolute atomic E-state index is 0. The second kappa shape index (κ2) is 7.93. The van der Waals surface area contributed by atoms with Crippen LogP contribution in [0.15, 0.2) is 0 Å². The first-order valence-corrected chi connectivity index (χ1v) is 6.65. The number of halogens is 1. The molecule has 1 aliphatic carbocycles. The van der Waals surface area contributed by atoms with Crippen molar-refractivity contribution in [2.45, 2.75) is 77.4 Å². The van der Waals surface area contributed by atoms with Gasteiger partial charge in [-0.3, -0.25) is 4.79 Å². The molecule has 1 saturated carbocycles. The van der Waals surface area contributed by atoms with Crippen molar-refractivity contribution in [2.75, 3.05) is 0 Å². The monoisotopic (exact) mass is 262 g/mol. The molecule has 0 spiro atoms. The zero-order valence-electron chi connectivity index (χ0n) is 11.3. The van der Waals surface area contributed by atoms with E-state index in [9.17, 15) is 4.79 Å². The summed E-state index contributed by atoms with van der Waals surface area (Å²) in [6, 6.07) is 0.418. The highest BCUT2D eigenvalue weighted by Crippen LogP contribution is 2.25. The third kappa shape index (κ3) is 4.47. The van der Waals surface area contributed by atoms with Gasteiger partial charge in [0.25, 0.3) is 0 Å². The van der Waals surface area contributed by atoms with Gasteiger partial charge in [-0.25, -0.2) is 0 Å². The van der Waals surface area contributed by atoms with Crippen LogP contribution in [-0.2, 0) is 4.79 Å². The molecule has 0 aliphatic heterocycles. The average molecular weight is 263 g/mol. The molecule has 4 heteroatoms. The molecular formula is C13H27ClN2O. The number of rotatable bonds is 5. The molecule has 17 heavy (non-hydrogen) atoms. The summed E-state index contributed by atoms with van der Waals surface area (Å²) in [5.41, 5.74) is 5.94. The lowest BCUT2D eigenvalue weighted by Crippen LogP contribution is -2.51. The van der Waals surface area contributed by atoms with E-state index in [0.29, 0.717) is 6.04 Å². The van der Waals surface area contributed by atoms with Crippen LogP contribution in [0.4, 0.5) is 0 Å².